The molecule has 120 valence electrons. The first kappa shape index (κ1) is 17.0. The van der Waals surface area contributed by atoms with E-state index in [-0.39, 0.29) is 5.41 Å². The Hall–Kier alpha value is -1.40. The van der Waals surface area contributed by atoms with Crippen molar-refractivity contribution < 1.29 is 0 Å². The van der Waals surface area contributed by atoms with Crippen molar-refractivity contribution in [3.05, 3.63) is 38.5 Å². The summed E-state index contributed by atoms with van der Waals surface area (Å²) in [5, 5.41) is 14.1. The van der Waals surface area contributed by atoms with Crippen LogP contribution >= 0.6 is 22.7 Å². The predicted molar refractivity (Wildman–Crippen MR) is 96.8 cm³/mol. The van der Waals surface area contributed by atoms with Crippen molar-refractivity contribution in [3.8, 4) is 0 Å². The molecule has 2 heterocycles. The smallest absolute Gasteiger partial charge is 0.191 e. The first-order valence-electron chi connectivity index (χ1n) is 7.47. The van der Waals surface area contributed by atoms with E-state index in [1.807, 2.05) is 0 Å². The lowest BCUT2D eigenvalue weighted by Gasteiger charge is -2.13. The molecule has 0 saturated carbocycles. The Balaban J connectivity index is 1.93. The number of aromatic nitrogens is 1. The Bertz CT molecular complexity index is 594. The third kappa shape index (κ3) is 5.10. The van der Waals surface area contributed by atoms with E-state index in [1.54, 1.807) is 22.7 Å². The molecule has 0 aliphatic carbocycles. The minimum atomic E-state index is 0.112. The van der Waals surface area contributed by atoms with E-state index >= 15 is 0 Å². The first-order valence-corrected chi connectivity index (χ1v) is 9.29. The largest absolute Gasteiger partial charge is 0.357 e. The summed E-state index contributed by atoms with van der Waals surface area (Å²) in [7, 11) is 0. The number of guanidine groups is 1. The fraction of sp³-hybridized carbons (Fsp3) is 0.500. The quantitative estimate of drug-likeness (QED) is 0.646. The van der Waals surface area contributed by atoms with Gasteiger partial charge < -0.3 is 10.6 Å². The van der Waals surface area contributed by atoms with Gasteiger partial charge in [0.2, 0.25) is 0 Å². The summed E-state index contributed by atoms with van der Waals surface area (Å²) in [4.78, 5) is 9.30. The van der Waals surface area contributed by atoms with Crippen LogP contribution in [0.1, 0.15) is 44.0 Å². The van der Waals surface area contributed by atoms with Crippen LogP contribution in [-0.2, 0) is 18.5 Å². The second-order valence-electron chi connectivity index (χ2n) is 6.07. The van der Waals surface area contributed by atoms with Crippen molar-refractivity contribution in [2.45, 2.75) is 46.2 Å². The summed E-state index contributed by atoms with van der Waals surface area (Å²) in [6.45, 7) is 10.9. The van der Waals surface area contributed by atoms with Crippen molar-refractivity contribution in [1.82, 2.24) is 15.6 Å². The van der Waals surface area contributed by atoms with E-state index in [9.17, 15) is 0 Å². The van der Waals surface area contributed by atoms with Crippen LogP contribution < -0.4 is 10.6 Å². The van der Waals surface area contributed by atoms with E-state index in [0.717, 1.165) is 18.2 Å². The summed E-state index contributed by atoms with van der Waals surface area (Å²) in [5.74, 6) is 0.832. The maximum atomic E-state index is 4.70. The highest BCUT2D eigenvalue weighted by Crippen LogP contribution is 2.25. The second kappa shape index (κ2) is 7.74. The summed E-state index contributed by atoms with van der Waals surface area (Å²) in [5.41, 5.74) is 2.42. The molecule has 2 aromatic rings. The van der Waals surface area contributed by atoms with Gasteiger partial charge in [-0.3, -0.25) is 0 Å². The maximum absolute atomic E-state index is 4.70. The molecule has 0 aliphatic rings. The van der Waals surface area contributed by atoms with Gasteiger partial charge in [-0.1, -0.05) is 20.8 Å². The zero-order chi connectivity index (χ0) is 16.0. The summed E-state index contributed by atoms with van der Waals surface area (Å²) >= 11 is 3.42. The normalized spacial score (nSPS) is 12.5. The molecule has 6 heteroatoms. The third-order valence-electron chi connectivity index (χ3n) is 2.97. The van der Waals surface area contributed by atoms with Gasteiger partial charge in [0.25, 0.3) is 0 Å². The van der Waals surface area contributed by atoms with Gasteiger partial charge in [-0.05, 0) is 29.3 Å². The lowest BCUT2D eigenvalue weighted by Crippen LogP contribution is -2.36. The van der Waals surface area contributed by atoms with Gasteiger partial charge in [0.15, 0.2) is 5.96 Å². The lowest BCUT2D eigenvalue weighted by atomic mass is 9.98. The molecule has 0 amide bonds. The standard InChI is InChI=1S/C16H24N4S2/c1-5-17-15(18-8-12-6-7-21-10-12)19-9-13-11-22-14(20-13)16(2,3)4/h6-7,10-11H,5,8-9H2,1-4H3,(H2,17,18,19). The minimum absolute atomic E-state index is 0.112. The summed E-state index contributed by atoms with van der Waals surface area (Å²) in [6.07, 6.45) is 0. The summed E-state index contributed by atoms with van der Waals surface area (Å²) in [6, 6.07) is 2.10. The van der Waals surface area contributed by atoms with Crippen molar-refractivity contribution in [2.75, 3.05) is 6.54 Å². The molecule has 2 rings (SSSR count). The van der Waals surface area contributed by atoms with Crippen LogP contribution in [0.15, 0.2) is 27.2 Å². The molecule has 0 bridgehead atoms. The highest BCUT2D eigenvalue weighted by atomic mass is 32.1. The molecule has 22 heavy (non-hydrogen) atoms. The van der Waals surface area contributed by atoms with Crippen LogP contribution in [0, 0.1) is 0 Å². The number of nitrogens with one attached hydrogen (secondary N) is 2. The van der Waals surface area contributed by atoms with E-state index in [4.69, 9.17) is 4.98 Å². The molecule has 0 radical (unpaired) electrons. The van der Waals surface area contributed by atoms with Crippen LogP contribution in [0.3, 0.4) is 0 Å². The van der Waals surface area contributed by atoms with Crippen LogP contribution in [0.2, 0.25) is 0 Å². The molecular weight excluding hydrogens is 312 g/mol. The minimum Gasteiger partial charge on any atom is -0.357 e. The van der Waals surface area contributed by atoms with E-state index in [0.29, 0.717) is 13.1 Å². The predicted octanol–water partition coefficient (Wildman–Crippen LogP) is 3.76. The number of rotatable bonds is 5. The van der Waals surface area contributed by atoms with Crippen LogP contribution in [0.5, 0.6) is 0 Å². The SMILES string of the molecule is CCNC(=NCc1ccsc1)NCc1csc(C(C)(C)C)n1. The van der Waals surface area contributed by atoms with Crippen molar-refractivity contribution in [2.24, 2.45) is 4.99 Å². The molecule has 0 unspecified atom stereocenters. The molecule has 0 saturated heterocycles. The highest BCUT2D eigenvalue weighted by Gasteiger charge is 2.17. The van der Waals surface area contributed by atoms with Gasteiger partial charge in [-0.15, -0.1) is 11.3 Å². The maximum Gasteiger partial charge on any atom is 0.191 e. The van der Waals surface area contributed by atoms with E-state index < -0.39 is 0 Å². The summed E-state index contributed by atoms with van der Waals surface area (Å²) < 4.78 is 0. The Morgan fingerprint density at radius 3 is 2.68 bits per heavy atom. The lowest BCUT2D eigenvalue weighted by molar-refractivity contribution is 0.582. The number of nitrogens with zero attached hydrogens (tertiary/aromatic N) is 2. The van der Waals surface area contributed by atoms with Gasteiger partial charge in [0, 0.05) is 17.3 Å². The van der Waals surface area contributed by atoms with Gasteiger partial charge in [-0.25, -0.2) is 9.98 Å². The molecule has 0 atom stereocenters. The Kier molecular flexibility index (Phi) is 5.97. The number of aliphatic imine (C=N–C) groups is 1. The average Bonchev–Trinajstić information content (AvgIpc) is 3.12. The van der Waals surface area contributed by atoms with E-state index in [1.165, 1.54) is 10.6 Å². The Labute approximate surface area is 140 Å². The van der Waals surface area contributed by atoms with Gasteiger partial charge in [0.1, 0.15) is 0 Å². The highest BCUT2D eigenvalue weighted by molar-refractivity contribution is 7.09. The monoisotopic (exact) mass is 336 g/mol. The van der Waals surface area contributed by atoms with Crippen LogP contribution in [-0.4, -0.2) is 17.5 Å². The molecule has 0 spiro atoms. The number of thiazole rings is 1. The van der Waals surface area contributed by atoms with Gasteiger partial charge in [0.05, 0.1) is 23.8 Å². The molecule has 0 aliphatic heterocycles. The van der Waals surface area contributed by atoms with Crippen molar-refractivity contribution >= 4 is 28.6 Å². The second-order valence-corrected chi connectivity index (χ2v) is 7.71. The number of thiophene rings is 1. The van der Waals surface area contributed by atoms with E-state index in [2.05, 4.69) is 65.5 Å². The molecule has 0 fully saturated rings. The Morgan fingerprint density at radius 2 is 2.09 bits per heavy atom. The van der Waals surface area contributed by atoms with Gasteiger partial charge >= 0.3 is 0 Å². The molecule has 0 aromatic carbocycles. The number of hydrogen-bond acceptors (Lipinski definition) is 4. The average molecular weight is 337 g/mol. The van der Waals surface area contributed by atoms with Gasteiger partial charge in [-0.2, -0.15) is 11.3 Å². The molecule has 4 nitrogen and oxygen atoms in total. The van der Waals surface area contributed by atoms with Crippen molar-refractivity contribution in [3.63, 3.8) is 0 Å². The molecule has 2 N–H and O–H groups in total. The Morgan fingerprint density at radius 1 is 1.27 bits per heavy atom. The third-order valence-corrected chi connectivity index (χ3v) is 5.02. The zero-order valence-electron chi connectivity index (χ0n) is 13.6. The molecule has 2 aromatic heterocycles. The topological polar surface area (TPSA) is 49.3 Å². The van der Waals surface area contributed by atoms with Crippen LogP contribution in [0.25, 0.3) is 0 Å². The first-order chi connectivity index (χ1) is 10.5. The van der Waals surface area contributed by atoms with Crippen LogP contribution in [0.4, 0.5) is 0 Å². The zero-order valence-corrected chi connectivity index (χ0v) is 15.3. The number of hydrogen-bond donors (Lipinski definition) is 2. The fourth-order valence-electron chi connectivity index (χ4n) is 1.80. The fourth-order valence-corrected chi connectivity index (χ4v) is 3.37. The molecular formula is C16H24N4S2. The van der Waals surface area contributed by atoms with Crippen molar-refractivity contribution in [1.29, 1.82) is 0 Å².